The summed E-state index contributed by atoms with van der Waals surface area (Å²) in [6.07, 6.45) is 2.20. The van der Waals surface area contributed by atoms with E-state index in [1.165, 1.54) is 5.56 Å². The predicted octanol–water partition coefficient (Wildman–Crippen LogP) is -0.299. The van der Waals surface area contributed by atoms with Crippen LogP contribution in [0.25, 0.3) is 10.9 Å². The molecule has 0 spiro atoms. The molecular formula is C15H23N2O4+. The van der Waals surface area contributed by atoms with Crippen LogP contribution in [0, 0.1) is 0 Å². The molecule has 1 atom stereocenters. The van der Waals surface area contributed by atoms with Crippen molar-refractivity contribution in [3.05, 3.63) is 30.0 Å². The summed E-state index contributed by atoms with van der Waals surface area (Å²) in [5.41, 5.74) is 6.16. The lowest BCUT2D eigenvalue weighted by atomic mass is 10.1. The molecule has 6 N–H and O–H groups in total. The van der Waals surface area contributed by atoms with Gasteiger partial charge in [0.2, 0.25) is 0 Å². The summed E-state index contributed by atoms with van der Waals surface area (Å²) in [6, 6.07) is 5.80. The third-order valence-electron chi connectivity index (χ3n) is 3.17. The largest absolute Gasteiger partial charge is 0.491 e. The summed E-state index contributed by atoms with van der Waals surface area (Å²) in [7, 11) is 0. The Hall–Kier alpha value is -1.60. The van der Waals surface area contributed by atoms with Gasteiger partial charge in [-0.3, -0.25) is 0 Å². The molecule has 0 saturated carbocycles. The van der Waals surface area contributed by atoms with Gasteiger partial charge in [-0.25, -0.2) is 0 Å². The number of ether oxygens (including phenoxy) is 2. The molecule has 2 rings (SSSR count). The zero-order valence-electron chi connectivity index (χ0n) is 12.0. The van der Waals surface area contributed by atoms with Crippen molar-refractivity contribution in [3.8, 4) is 5.75 Å². The number of benzene rings is 1. The Morgan fingerprint density at radius 1 is 1.29 bits per heavy atom. The summed E-state index contributed by atoms with van der Waals surface area (Å²) in [5, 5.41) is 19.4. The van der Waals surface area contributed by atoms with Crippen molar-refractivity contribution in [2.24, 2.45) is 0 Å². The van der Waals surface area contributed by atoms with E-state index in [1.807, 2.05) is 24.4 Å². The minimum absolute atomic E-state index is 0.0488. The van der Waals surface area contributed by atoms with Gasteiger partial charge in [-0.1, -0.05) is 0 Å². The molecule has 6 nitrogen and oxygen atoms in total. The lowest BCUT2D eigenvalue weighted by molar-refractivity contribution is -0.366. The molecule has 0 aliphatic rings. The number of hydrogen-bond donors (Lipinski definition) is 4. The number of H-pyrrole nitrogens is 1. The van der Waals surface area contributed by atoms with Crippen molar-refractivity contribution in [3.63, 3.8) is 0 Å². The molecule has 0 fully saturated rings. The van der Waals surface area contributed by atoms with E-state index in [-0.39, 0.29) is 26.4 Å². The normalized spacial score (nSPS) is 12.7. The summed E-state index contributed by atoms with van der Waals surface area (Å²) in [6.45, 7) is 1.33. The van der Waals surface area contributed by atoms with Gasteiger partial charge in [-0.2, -0.15) is 0 Å². The number of fused-ring (bicyclic) bond motifs is 1. The Kier molecular flexibility index (Phi) is 6.01. The molecule has 1 heterocycles. The van der Waals surface area contributed by atoms with E-state index in [2.05, 4.69) is 10.7 Å². The number of nitrogens with one attached hydrogen (secondary N) is 1. The minimum atomic E-state index is -0.710. The van der Waals surface area contributed by atoms with Crippen LogP contribution in [0.5, 0.6) is 5.75 Å². The zero-order chi connectivity index (χ0) is 15.1. The van der Waals surface area contributed by atoms with Gasteiger partial charge in [-0.15, -0.1) is 0 Å². The fourth-order valence-corrected chi connectivity index (χ4v) is 2.17. The molecular weight excluding hydrogens is 272 g/mol. The maximum atomic E-state index is 9.70. The average molecular weight is 295 g/mol. The fourth-order valence-electron chi connectivity index (χ4n) is 2.17. The van der Waals surface area contributed by atoms with Crippen LogP contribution < -0.4 is 10.5 Å². The number of hydrogen-bond acceptors (Lipinski definition) is 4. The highest BCUT2D eigenvalue weighted by atomic mass is 16.5. The van der Waals surface area contributed by atoms with Crippen LogP contribution in [-0.2, 0) is 11.2 Å². The lowest BCUT2D eigenvalue weighted by Crippen LogP contribution is -2.51. The Morgan fingerprint density at radius 2 is 2.14 bits per heavy atom. The number of aromatic nitrogens is 1. The third-order valence-corrected chi connectivity index (χ3v) is 3.17. The highest BCUT2D eigenvalue weighted by molar-refractivity contribution is 5.84. The Balaban J connectivity index is 1.94. The first-order valence-electron chi connectivity index (χ1n) is 7.13. The van der Waals surface area contributed by atoms with Crippen molar-refractivity contribution in [1.29, 1.82) is 0 Å². The predicted molar refractivity (Wildman–Crippen MR) is 79.2 cm³/mol. The molecule has 21 heavy (non-hydrogen) atoms. The maximum absolute atomic E-state index is 9.70. The zero-order valence-corrected chi connectivity index (χ0v) is 12.0. The van der Waals surface area contributed by atoms with E-state index in [1.54, 1.807) is 0 Å². The van der Waals surface area contributed by atoms with Crippen LogP contribution in [0.15, 0.2) is 24.4 Å². The average Bonchev–Trinajstić information content (AvgIpc) is 2.88. The quantitative estimate of drug-likeness (QED) is 0.477. The van der Waals surface area contributed by atoms with Crippen LogP contribution >= 0.6 is 0 Å². The molecule has 1 unspecified atom stereocenters. The van der Waals surface area contributed by atoms with E-state index >= 15 is 0 Å². The van der Waals surface area contributed by atoms with Crippen LogP contribution in [0.2, 0.25) is 0 Å². The van der Waals surface area contributed by atoms with Crippen LogP contribution in [0.1, 0.15) is 5.56 Å². The van der Waals surface area contributed by atoms with Crippen LogP contribution in [-0.4, -0.2) is 54.3 Å². The molecule has 0 aliphatic carbocycles. The molecule has 0 bridgehead atoms. The van der Waals surface area contributed by atoms with Gasteiger partial charge in [0.25, 0.3) is 0 Å². The van der Waals surface area contributed by atoms with Crippen molar-refractivity contribution in [1.82, 2.24) is 4.98 Å². The van der Waals surface area contributed by atoms with Crippen molar-refractivity contribution >= 4 is 10.9 Å². The van der Waals surface area contributed by atoms with E-state index in [0.29, 0.717) is 5.75 Å². The van der Waals surface area contributed by atoms with Gasteiger partial charge < -0.3 is 30.4 Å². The highest BCUT2D eigenvalue weighted by Crippen LogP contribution is 2.24. The van der Waals surface area contributed by atoms with Gasteiger partial charge in [-0.05, 0) is 23.8 Å². The molecule has 0 amide bonds. The fraction of sp³-hybridized carbons (Fsp3) is 0.467. The Morgan fingerprint density at radius 3 is 2.90 bits per heavy atom. The topological polar surface area (TPSA) is 102 Å². The smallest absolute Gasteiger partial charge is 0.120 e. The molecule has 1 aromatic heterocycles. The number of quaternary nitrogens is 1. The first kappa shape index (κ1) is 15.8. The third kappa shape index (κ3) is 4.44. The van der Waals surface area contributed by atoms with Gasteiger partial charge in [0.15, 0.2) is 0 Å². The van der Waals surface area contributed by atoms with Gasteiger partial charge in [0, 0.05) is 23.5 Å². The number of aliphatic hydroxyl groups is 2. The van der Waals surface area contributed by atoms with Gasteiger partial charge >= 0.3 is 0 Å². The van der Waals surface area contributed by atoms with Crippen molar-refractivity contribution in [2.45, 2.75) is 12.5 Å². The number of aromatic amines is 1. The van der Waals surface area contributed by atoms with Gasteiger partial charge in [0.05, 0.1) is 26.4 Å². The van der Waals surface area contributed by atoms with Gasteiger partial charge in [0.1, 0.15) is 18.5 Å². The molecule has 6 heteroatoms. The summed E-state index contributed by atoms with van der Waals surface area (Å²) in [5.74, 6) is 0.716. The Labute approximate surface area is 123 Å². The summed E-state index contributed by atoms with van der Waals surface area (Å²) >= 11 is 0. The van der Waals surface area contributed by atoms with E-state index in [9.17, 15) is 5.11 Å². The highest BCUT2D eigenvalue weighted by Gasteiger charge is 2.08. The molecule has 0 saturated heterocycles. The molecule has 2 aromatic rings. The second-order valence-corrected chi connectivity index (χ2v) is 4.89. The first-order valence-corrected chi connectivity index (χ1v) is 7.13. The summed E-state index contributed by atoms with van der Waals surface area (Å²) < 4.78 is 10.6. The van der Waals surface area contributed by atoms with Crippen LogP contribution in [0.4, 0.5) is 0 Å². The van der Waals surface area contributed by atoms with E-state index in [4.69, 9.17) is 14.6 Å². The van der Waals surface area contributed by atoms with E-state index in [0.717, 1.165) is 23.9 Å². The monoisotopic (exact) mass is 295 g/mol. The maximum Gasteiger partial charge on any atom is 0.120 e. The molecule has 0 radical (unpaired) electrons. The van der Waals surface area contributed by atoms with E-state index < -0.39 is 6.10 Å². The SMILES string of the molecule is [NH3+]CCc1c[nH]c2ccc(OCC(O)COCCO)cc12. The Bertz CT molecular complexity index is 556. The number of aliphatic hydroxyl groups excluding tert-OH is 2. The first-order chi connectivity index (χ1) is 10.2. The lowest BCUT2D eigenvalue weighted by Gasteiger charge is -2.12. The number of rotatable bonds is 9. The van der Waals surface area contributed by atoms with Crippen molar-refractivity contribution in [2.75, 3.05) is 33.0 Å². The second-order valence-electron chi connectivity index (χ2n) is 4.89. The standard InChI is InChI=1S/C15H22N2O4/c16-4-3-11-8-17-15-2-1-13(7-14(11)15)21-10-12(19)9-20-6-5-18/h1-2,7-8,12,17-19H,3-6,9-10,16H2/p+1. The van der Waals surface area contributed by atoms with Crippen molar-refractivity contribution < 1.29 is 25.4 Å². The molecule has 1 aromatic carbocycles. The molecule has 116 valence electrons. The second kappa shape index (κ2) is 7.99. The molecule has 0 aliphatic heterocycles. The van der Waals surface area contributed by atoms with Crippen LogP contribution in [0.3, 0.4) is 0 Å². The minimum Gasteiger partial charge on any atom is -0.491 e. The summed E-state index contributed by atoms with van der Waals surface area (Å²) in [4.78, 5) is 3.22.